The maximum atomic E-state index is 10.3. The fraction of sp³-hybridized carbons (Fsp3) is 0.583. The van der Waals surface area contributed by atoms with Crippen molar-refractivity contribution in [3.8, 4) is 0 Å². The van der Waals surface area contributed by atoms with E-state index in [1.807, 2.05) is 6.92 Å². The summed E-state index contributed by atoms with van der Waals surface area (Å²) in [6.07, 6.45) is 2.11. The standard InChI is InChI=1S/C6H10O2.C6H11O2.W.Y/c1-3-5-6(7)8-4-2;1-3-5-8-6(7)4-2;;/h1-5H2;2-5H2,1H3;;/q-2;-1;;. The van der Waals surface area contributed by atoms with Crippen LogP contribution in [0.4, 0.5) is 0 Å². The Labute approximate surface area is 150 Å². The Hall–Kier alpha value is 0.732. The molecule has 0 aliphatic rings. The monoisotopic (exact) mass is 502 g/mol. The zero-order chi connectivity index (χ0) is 12.8. The molecular weight excluding hydrogens is 481 g/mol. The predicted octanol–water partition coefficient (Wildman–Crippen LogP) is 2.14. The van der Waals surface area contributed by atoms with E-state index in [1.54, 1.807) is 0 Å². The first-order valence-corrected chi connectivity index (χ1v) is 5.31. The van der Waals surface area contributed by atoms with E-state index in [1.165, 1.54) is 0 Å². The van der Waals surface area contributed by atoms with Crippen LogP contribution in [-0.2, 0) is 72.8 Å². The first-order valence-electron chi connectivity index (χ1n) is 5.31. The van der Waals surface area contributed by atoms with E-state index in [0.717, 1.165) is 6.42 Å². The van der Waals surface area contributed by atoms with Crippen molar-refractivity contribution in [1.29, 1.82) is 0 Å². The molecule has 0 rings (SSSR count). The Morgan fingerprint density at radius 2 is 1.61 bits per heavy atom. The molecule has 0 atom stereocenters. The number of carbonyl (C=O) groups is 2. The van der Waals surface area contributed by atoms with Gasteiger partial charge in [-0.2, -0.15) is 6.42 Å². The van der Waals surface area contributed by atoms with Crippen molar-refractivity contribution < 1.29 is 72.8 Å². The van der Waals surface area contributed by atoms with Gasteiger partial charge in [0.25, 0.3) is 5.97 Å². The Morgan fingerprint density at radius 1 is 1.06 bits per heavy atom. The molecule has 0 heterocycles. The Balaban J connectivity index is -0.0000000980. The van der Waals surface area contributed by atoms with Crippen LogP contribution >= 0.6 is 0 Å². The van der Waals surface area contributed by atoms with Crippen LogP contribution in [0.25, 0.3) is 0 Å². The van der Waals surface area contributed by atoms with Crippen molar-refractivity contribution in [2.24, 2.45) is 0 Å². The summed E-state index contributed by atoms with van der Waals surface area (Å²) in [6, 6.07) is 0. The fourth-order valence-corrected chi connectivity index (χ4v) is 0.618. The van der Waals surface area contributed by atoms with Crippen LogP contribution in [0.15, 0.2) is 0 Å². The number of hydrogen-bond donors (Lipinski definition) is 0. The summed E-state index contributed by atoms with van der Waals surface area (Å²) < 4.78 is 9.13. The van der Waals surface area contributed by atoms with Gasteiger partial charge in [0.2, 0.25) is 0 Å². The summed E-state index contributed by atoms with van der Waals surface area (Å²) in [5, 5.41) is 0. The van der Waals surface area contributed by atoms with E-state index in [0.29, 0.717) is 19.4 Å². The minimum absolute atomic E-state index is 0. The van der Waals surface area contributed by atoms with Crippen LogP contribution in [-0.4, -0.2) is 25.2 Å². The Kier molecular flexibility index (Phi) is 34.5. The second-order valence-electron chi connectivity index (χ2n) is 2.79. The molecule has 0 saturated carbocycles. The topological polar surface area (TPSA) is 52.6 Å². The fourth-order valence-electron chi connectivity index (χ4n) is 0.618. The zero-order valence-electron chi connectivity index (χ0n) is 11.0. The third-order valence-electron chi connectivity index (χ3n) is 1.32. The number of esters is 2. The summed E-state index contributed by atoms with van der Waals surface area (Å²) in [6.45, 7) is 12.9. The molecule has 0 saturated heterocycles. The third kappa shape index (κ3) is 25.5. The van der Waals surface area contributed by atoms with Gasteiger partial charge in [0, 0.05) is 60.2 Å². The SMILES string of the molecule is [CH2-]CC(=O)OCCC.[CH2-]CCC(=O)OC[CH2-].[W].[Y]. The van der Waals surface area contributed by atoms with E-state index >= 15 is 0 Å². The first-order chi connectivity index (χ1) is 7.62. The van der Waals surface area contributed by atoms with Gasteiger partial charge < -0.3 is 30.2 Å². The van der Waals surface area contributed by atoms with Crippen molar-refractivity contribution in [3.05, 3.63) is 20.8 Å². The minimum atomic E-state index is -0.216. The van der Waals surface area contributed by atoms with Gasteiger partial charge in [-0.3, -0.25) is 9.59 Å². The normalized spacial score (nSPS) is 7.78. The average Bonchev–Trinajstić information content (AvgIpc) is 2.27. The van der Waals surface area contributed by atoms with Crippen molar-refractivity contribution >= 4 is 11.9 Å². The van der Waals surface area contributed by atoms with Gasteiger partial charge in [-0.15, -0.1) is 0 Å². The van der Waals surface area contributed by atoms with Gasteiger partial charge in [0.15, 0.2) is 0 Å². The van der Waals surface area contributed by atoms with Crippen LogP contribution in [0.3, 0.4) is 0 Å². The van der Waals surface area contributed by atoms with Crippen molar-refractivity contribution in [2.45, 2.75) is 32.6 Å². The molecule has 4 nitrogen and oxygen atoms in total. The molecule has 0 spiro atoms. The van der Waals surface area contributed by atoms with Gasteiger partial charge in [-0.25, -0.2) is 0 Å². The number of hydrogen-bond acceptors (Lipinski definition) is 4. The smallest absolute Gasteiger partial charge is 0.300 e. The van der Waals surface area contributed by atoms with Crippen molar-refractivity contribution in [1.82, 2.24) is 0 Å². The van der Waals surface area contributed by atoms with Gasteiger partial charge in [-0.1, -0.05) is 13.3 Å². The number of ether oxygens (including phenoxy) is 2. The molecule has 0 aromatic heterocycles. The molecule has 6 heteroatoms. The van der Waals surface area contributed by atoms with Gasteiger partial charge in [0.1, 0.15) is 0 Å². The molecule has 0 aliphatic heterocycles. The van der Waals surface area contributed by atoms with E-state index in [-0.39, 0.29) is 78.7 Å². The molecule has 0 N–H and O–H groups in total. The first kappa shape index (κ1) is 27.1. The summed E-state index contributed by atoms with van der Waals surface area (Å²) >= 11 is 0. The average molecular weight is 502 g/mol. The van der Waals surface area contributed by atoms with Crippen LogP contribution < -0.4 is 0 Å². The maximum absolute atomic E-state index is 10.3. The van der Waals surface area contributed by atoms with Crippen LogP contribution in [0.5, 0.6) is 0 Å². The summed E-state index contributed by atoms with van der Waals surface area (Å²) in [5.41, 5.74) is 0. The van der Waals surface area contributed by atoms with E-state index in [9.17, 15) is 9.59 Å². The predicted molar refractivity (Wildman–Crippen MR) is 62.1 cm³/mol. The summed E-state index contributed by atoms with van der Waals surface area (Å²) in [7, 11) is 0. The molecular formula is C12H21O4WY-3. The van der Waals surface area contributed by atoms with Crippen LogP contribution in [0.2, 0.25) is 0 Å². The van der Waals surface area contributed by atoms with Gasteiger partial charge in [0.05, 0.1) is 6.61 Å². The largest absolute Gasteiger partial charge is 0.499 e. The molecule has 1 radical (unpaired) electrons. The second kappa shape index (κ2) is 22.9. The van der Waals surface area contributed by atoms with Crippen LogP contribution in [0.1, 0.15) is 32.6 Å². The molecule has 105 valence electrons. The number of carbonyl (C=O) groups excluding carboxylic acids is 2. The summed E-state index contributed by atoms with van der Waals surface area (Å²) in [5.74, 6) is -0.429. The van der Waals surface area contributed by atoms with Crippen molar-refractivity contribution in [2.75, 3.05) is 13.2 Å². The molecule has 0 amide bonds. The molecule has 0 fully saturated rings. The van der Waals surface area contributed by atoms with Crippen LogP contribution in [0, 0.1) is 20.8 Å². The van der Waals surface area contributed by atoms with Gasteiger partial charge in [-0.05, 0) is 13.0 Å². The molecule has 0 unspecified atom stereocenters. The molecule has 0 aromatic carbocycles. The third-order valence-corrected chi connectivity index (χ3v) is 1.32. The molecule has 0 aromatic rings. The second-order valence-corrected chi connectivity index (χ2v) is 2.79. The Bertz CT molecular complexity index is 181. The molecule has 0 bridgehead atoms. The molecule has 0 aliphatic carbocycles. The Morgan fingerprint density at radius 3 is 1.94 bits per heavy atom. The van der Waals surface area contributed by atoms with Gasteiger partial charge >= 0.3 is 5.97 Å². The quantitative estimate of drug-likeness (QED) is 0.413. The zero-order valence-corrected chi connectivity index (χ0v) is 16.8. The van der Waals surface area contributed by atoms with Crippen molar-refractivity contribution in [3.63, 3.8) is 0 Å². The minimum Gasteiger partial charge on any atom is -0.499 e. The van der Waals surface area contributed by atoms with E-state index in [2.05, 4.69) is 30.2 Å². The van der Waals surface area contributed by atoms with E-state index < -0.39 is 0 Å². The summed E-state index contributed by atoms with van der Waals surface area (Å²) in [4.78, 5) is 20.6. The maximum Gasteiger partial charge on any atom is 0.300 e. The molecule has 18 heavy (non-hydrogen) atoms. The van der Waals surface area contributed by atoms with E-state index in [4.69, 9.17) is 0 Å². The number of rotatable bonds is 6.